The van der Waals surface area contributed by atoms with E-state index in [9.17, 15) is 18.0 Å². The van der Waals surface area contributed by atoms with Gasteiger partial charge in [-0.2, -0.15) is 0 Å². The Bertz CT molecular complexity index is 638. The molecule has 1 aromatic carbocycles. The molecule has 1 heterocycles. The van der Waals surface area contributed by atoms with Crippen LogP contribution in [0.25, 0.3) is 0 Å². The molecule has 3 nitrogen and oxygen atoms in total. The van der Waals surface area contributed by atoms with Gasteiger partial charge in [0.15, 0.2) is 0 Å². The summed E-state index contributed by atoms with van der Waals surface area (Å²) in [6, 6.07) is 8.20. The summed E-state index contributed by atoms with van der Waals surface area (Å²) in [5.74, 6) is -0.891. The summed E-state index contributed by atoms with van der Waals surface area (Å²) < 4.78 is 40.2. The van der Waals surface area contributed by atoms with E-state index in [2.05, 4.69) is 9.72 Å². The fourth-order valence-corrected chi connectivity index (χ4v) is 1.64. The number of halogens is 3. The maximum Gasteiger partial charge on any atom is 0.573 e. The van der Waals surface area contributed by atoms with E-state index in [1.54, 1.807) is 19.1 Å². The average Bonchev–Trinajstić information content (AvgIpc) is 2.36. The molecule has 0 aliphatic heterocycles. The van der Waals surface area contributed by atoms with Gasteiger partial charge in [0.2, 0.25) is 5.78 Å². The smallest absolute Gasteiger partial charge is 0.406 e. The van der Waals surface area contributed by atoms with Crippen LogP contribution in [-0.4, -0.2) is 17.1 Å². The molecule has 2 rings (SSSR count). The Morgan fingerprint density at radius 1 is 1.20 bits per heavy atom. The molecule has 0 bridgehead atoms. The van der Waals surface area contributed by atoms with E-state index in [0.29, 0.717) is 0 Å². The second-order valence-electron chi connectivity index (χ2n) is 4.12. The van der Waals surface area contributed by atoms with Gasteiger partial charge in [0, 0.05) is 11.8 Å². The number of hydrogen-bond donors (Lipinski definition) is 0. The van der Waals surface area contributed by atoms with Gasteiger partial charge >= 0.3 is 6.36 Å². The van der Waals surface area contributed by atoms with Gasteiger partial charge < -0.3 is 4.74 Å². The number of rotatable bonds is 3. The van der Waals surface area contributed by atoms with Crippen LogP contribution in [0.15, 0.2) is 42.6 Å². The predicted molar refractivity (Wildman–Crippen MR) is 65.5 cm³/mol. The van der Waals surface area contributed by atoms with Crippen molar-refractivity contribution in [3.05, 3.63) is 59.4 Å². The highest BCUT2D eigenvalue weighted by Crippen LogP contribution is 2.24. The minimum absolute atomic E-state index is 0.0878. The van der Waals surface area contributed by atoms with Crippen molar-refractivity contribution in [1.29, 1.82) is 0 Å². The van der Waals surface area contributed by atoms with Crippen LogP contribution in [-0.2, 0) is 0 Å². The number of carbonyl (C=O) groups excluding carboxylic acids is 1. The quantitative estimate of drug-likeness (QED) is 0.808. The molecule has 0 aliphatic rings. The first-order chi connectivity index (χ1) is 9.35. The van der Waals surface area contributed by atoms with E-state index in [4.69, 9.17) is 0 Å². The molecule has 6 heteroatoms. The SMILES string of the molecule is Cc1ccnc(C(=O)c2cccc(OC(F)(F)F)c2)c1. The van der Waals surface area contributed by atoms with Gasteiger partial charge in [-0.1, -0.05) is 12.1 Å². The van der Waals surface area contributed by atoms with E-state index in [1.807, 2.05) is 0 Å². The van der Waals surface area contributed by atoms with Crippen LogP contribution in [0.3, 0.4) is 0 Å². The Hall–Kier alpha value is -2.37. The van der Waals surface area contributed by atoms with Crippen molar-refractivity contribution in [1.82, 2.24) is 4.98 Å². The molecular weight excluding hydrogens is 271 g/mol. The molecule has 0 N–H and O–H groups in total. The molecule has 0 amide bonds. The molecule has 104 valence electrons. The molecule has 0 aliphatic carbocycles. The molecule has 0 radical (unpaired) electrons. The van der Waals surface area contributed by atoms with Crippen molar-refractivity contribution in [3.63, 3.8) is 0 Å². The number of ketones is 1. The van der Waals surface area contributed by atoms with Crippen molar-refractivity contribution in [2.24, 2.45) is 0 Å². The largest absolute Gasteiger partial charge is 0.573 e. The second kappa shape index (κ2) is 5.32. The van der Waals surface area contributed by atoms with E-state index in [0.717, 1.165) is 17.7 Å². The van der Waals surface area contributed by atoms with Gasteiger partial charge in [-0.15, -0.1) is 13.2 Å². The molecule has 0 atom stereocenters. The van der Waals surface area contributed by atoms with Gasteiger partial charge in [0.05, 0.1) is 0 Å². The normalized spacial score (nSPS) is 11.2. The van der Waals surface area contributed by atoms with Crippen LogP contribution in [0.2, 0.25) is 0 Å². The molecule has 0 spiro atoms. The Morgan fingerprint density at radius 2 is 1.95 bits per heavy atom. The first kappa shape index (κ1) is 14.0. The summed E-state index contributed by atoms with van der Waals surface area (Å²) >= 11 is 0. The van der Waals surface area contributed by atoms with Crippen LogP contribution in [0.5, 0.6) is 5.75 Å². The molecule has 0 saturated heterocycles. The van der Waals surface area contributed by atoms with Crippen molar-refractivity contribution in [2.75, 3.05) is 0 Å². The van der Waals surface area contributed by atoms with E-state index in [-0.39, 0.29) is 11.3 Å². The van der Waals surface area contributed by atoms with E-state index in [1.165, 1.54) is 18.3 Å². The first-order valence-electron chi connectivity index (χ1n) is 5.68. The zero-order valence-corrected chi connectivity index (χ0v) is 10.4. The summed E-state index contributed by atoms with van der Waals surface area (Å²) in [7, 11) is 0. The molecule has 0 unspecified atom stereocenters. The Morgan fingerprint density at radius 3 is 2.60 bits per heavy atom. The van der Waals surface area contributed by atoms with Gasteiger partial charge in [-0.3, -0.25) is 9.78 Å². The maximum absolute atomic E-state index is 12.1. The number of hydrogen-bond acceptors (Lipinski definition) is 3. The summed E-state index contributed by atoms with van der Waals surface area (Å²) in [5, 5.41) is 0. The van der Waals surface area contributed by atoms with Crippen molar-refractivity contribution < 1.29 is 22.7 Å². The third kappa shape index (κ3) is 3.57. The lowest BCUT2D eigenvalue weighted by atomic mass is 10.1. The number of aromatic nitrogens is 1. The van der Waals surface area contributed by atoms with Crippen molar-refractivity contribution in [3.8, 4) is 5.75 Å². The third-order valence-corrected chi connectivity index (χ3v) is 2.48. The number of nitrogens with zero attached hydrogens (tertiary/aromatic N) is 1. The zero-order chi connectivity index (χ0) is 14.8. The van der Waals surface area contributed by atoms with Gasteiger partial charge in [0.1, 0.15) is 11.4 Å². The van der Waals surface area contributed by atoms with Gasteiger partial charge in [0.25, 0.3) is 0 Å². The summed E-state index contributed by atoms with van der Waals surface area (Å²) in [6.45, 7) is 1.79. The molecule has 1 aromatic heterocycles. The predicted octanol–water partition coefficient (Wildman–Crippen LogP) is 3.52. The minimum atomic E-state index is -4.79. The third-order valence-electron chi connectivity index (χ3n) is 2.48. The summed E-state index contributed by atoms with van der Waals surface area (Å²) in [6.07, 6.45) is -3.32. The van der Waals surface area contributed by atoms with Crippen LogP contribution >= 0.6 is 0 Å². The van der Waals surface area contributed by atoms with Crippen LogP contribution < -0.4 is 4.74 Å². The van der Waals surface area contributed by atoms with E-state index < -0.39 is 17.9 Å². The number of alkyl halides is 3. The number of carbonyl (C=O) groups is 1. The fraction of sp³-hybridized carbons (Fsp3) is 0.143. The standard InChI is InChI=1S/C14H10F3NO2/c1-9-5-6-18-12(7-9)13(19)10-3-2-4-11(8-10)20-14(15,16)17/h2-8H,1H3. The molecular formula is C14H10F3NO2. The zero-order valence-electron chi connectivity index (χ0n) is 10.4. The fourth-order valence-electron chi connectivity index (χ4n) is 1.64. The number of pyridine rings is 1. The number of ether oxygens (including phenoxy) is 1. The van der Waals surface area contributed by atoms with E-state index >= 15 is 0 Å². The second-order valence-corrected chi connectivity index (χ2v) is 4.12. The highest BCUT2D eigenvalue weighted by Gasteiger charge is 2.31. The molecule has 20 heavy (non-hydrogen) atoms. The number of aryl methyl sites for hydroxylation is 1. The topological polar surface area (TPSA) is 39.2 Å². The minimum Gasteiger partial charge on any atom is -0.406 e. The lowest BCUT2D eigenvalue weighted by Gasteiger charge is -2.09. The molecule has 0 fully saturated rings. The van der Waals surface area contributed by atoms with Gasteiger partial charge in [-0.05, 0) is 36.8 Å². The Kier molecular flexibility index (Phi) is 3.74. The van der Waals surface area contributed by atoms with Gasteiger partial charge in [-0.25, -0.2) is 0 Å². The molecule has 2 aromatic rings. The van der Waals surface area contributed by atoms with Crippen molar-refractivity contribution >= 4 is 5.78 Å². The monoisotopic (exact) mass is 281 g/mol. The highest BCUT2D eigenvalue weighted by atomic mass is 19.4. The first-order valence-corrected chi connectivity index (χ1v) is 5.68. The Labute approximate surface area is 113 Å². The maximum atomic E-state index is 12.1. The average molecular weight is 281 g/mol. The summed E-state index contributed by atoms with van der Waals surface area (Å²) in [4.78, 5) is 16.0. The van der Waals surface area contributed by atoms with Crippen LogP contribution in [0.1, 0.15) is 21.6 Å². The summed E-state index contributed by atoms with van der Waals surface area (Å²) in [5.41, 5.74) is 1.10. The highest BCUT2D eigenvalue weighted by molar-refractivity contribution is 6.07. The van der Waals surface area contributed by atoms with Crippen LogP contribution in [0, 0.1) is 6.92 Å². The molecule has 0 saturated carbocycles. The number of benzene rings is 1. The van der Waals surface area contributed by atoms with Crippen molar-refractivity contribution in [2.45, 2.75) is 13.3 Å². The lowest BCUT2D eigenvalue weighted by molar-refractivity contribution is -0.274. The lowest BCUT2D eigenvalue weighted by Crippen LogP contribution is -2.17. The van der Waals surface area contributed by atoms with Crippen LogP contribution in [0.4, 0.5) is 13.2 Å². The Balaban J connectivity index is 2.29.